The van der Waals surface area contributed by atoms with Gasteiger partial charge in [0.25, 0.3) is 0 Å². The monoisotopic (exact) mass is 336 g/mol. The number of anilines is 1. The Kier molecular flexibility index (Phi) is 2.51. The SMILES string of the molecule is Nc1cccc2oc(-c3cccc(I)c3)nc12. The van der Waals surface area contributed by atoms with Gasteiger partial charge in [0, 0.05) is 9.13 Å². The Balaban J connectivity index is 2.22. The predicted molar refractivity (Wildman–Crippen MR) is 76.6 cm³/mol. The van der Waals surface area contributed by atoms with E-state index in [0.717, 1.165) is 20.2 Å². The number of halogens is 1. The molecule has 0 aliphatic heterocycles. The lowest BCUT2D eigenvalue weighted by Gasteiger charge is -1.94. The molecule has 1 heterocycles. The molecule has 3 rings (SSSR count). The molecule has 0 fully saturated rings. The van der Waals surface area contributed by atoms with Crippen molar-refractivity contribution in [3.05, 3.63) is 46.0 Å². The molecule has 0 unspecified atom stereocenters. The summed E-state index contributed by atoms with van der Waals surface area (Å²) < 4.78 is 6.84. The van der Waals surface area contributed by atoms with Gasteiger partial charge in [-0.15, -0.1) is 0 Å². The second-order valence-corrected chi connectivity index (χ2v) is 4.97. The summed E-state index contributed by atoms with van der Waals surface area (Å²) in [6.45, 7) is 0. The van der Waals surface area contributed by atoms with Crippen molar-refractivity contribution < 1.29 is 4.42 Å². The Morgan fingerprint density at radius 1 is 1.12 bits per heavy atom. The van der Waals surface area contributed by atoms with Crippen molar-refractivity contribution in [2.45, 2.75) is 0 Å². The highest BCUT2D eigenvalue weighted by molar-refractivity contribution is 14.1. The number of nitrogens with zero attached hydrogens (tertiary/aromatic N) is 1. The summed E-state index contributed by atoms with van der Waals surface area (Å²) in [7, 11) is 0. The maximum absolute atomic E-state index is 5.85. The maximum atomic E-state index is 5.85. The third kappa shape index (κ3) is 1.88. The van der Waals surface area contributed by atoms with Crippen LogP contribution in [0.3, 0.4) is 0 Å². The molecule has 0 saturated carbocycles. The minimum Gasteiger partial charge on any atom is -0.436 e. The molecular weight excluding hydrogens is 327 g/mol. The van der Waals surface area contributed by atoms with Gasteiger partial charge in [0.2, 0.25) is 5.89 Å². The van der Waals surface area contributed by atoms with Gasteiger partial charge in [0.05, 0.1) is 5.69 Å². The third-order valence-electron chi connectivity index (χ3n) is 2.52. The molecule has 0 saturated heterocycles. The van der Waals surface area contributed by atoms with E-state index in [2.05, 4.69) is 27.6 Å². The Morgan fingerprint density at radius 3 is 2.71 bits per heavy atom. The van der Waals surface area contributed by atoms with Gasteiger partial charge in [-0.3, -0.25) is 0 Å². The average Bonchev–Trinajstić information content (AvgIpc) is 2.74. The van der Waals surface area contributed by atoms with Crippen LogP contribution in [0.25, 0.3) is 22.6 Å². The van der Waals surface area contributed by atoms with Gasteiger partial charge in [-0.2, -0.15) is 0 Å². The largest absolute Gasteiger partial charge is 0.436 e. The van der Waals surface area contributed by atoms with Gasteiger partial charge in [-0.1, -0.05) is 12.1 Å². The number of aromatic nitrogens is 1. The summed E-state index contributed by atoms with van der Waals surface area (Å²) in [6, 6.07) is 13.6. The van der Waals surface area contributed by atoms with E-state index >= 15 is 0 Å². The van der Waals surface area contributed by atoms with Crippen LogP contribution < -0.4 is 5.73 Å². The molecule has 0 aliphatic rings. The first-order chi connectivity index (χ1) is 8.24. The van der Waals surface area contributed by atoms with Crippen LogP contribution in [0.1, 0.15) is 0 Å². The van der Waals surface area contributed by atoms with Crippen LogP contribution >= 0.6 is 22.6 Å². The molecule has 0 amide bonds. The smallest absolute Gasteiger partial charge is 0.227 e. The molecule has 84 valence electrons. The van der Waals surface area contributed by atoms with Gasteiger partial charge in [-0.25, -0.2) is 4.98 Å². The first-order valence-electron chi connectivity index (χ1n) is 5.15. The number of oxazole rings is 1. The summed E-state index contributed by atoms with van der Waals surface area (Å²) in [5.74, 6) is 0.608. The number of nitrogen functional groups attached to an aromatic ring is 1. The minimum absolute atomic E-state index is 0.608. The van der Waals surface area contributed by atoms with Crippen molar-refractivity contribution in [2.75, 3.05) is 5.73 Å². The van der Waals surface area contributed by atoms with E-state index in [-0.39, 0.29) is 0 Å². The second-order valence-electron chi connectivity index (χ2n) is 3.72. The van der Waals surface area contributed by atoms with Gasteiger partial charge in [-0.05, 0) is 52.9 Å². The standard InChI is InChI=1S/C13H9IN2O/c14-9-4-1-3-8(7-9)13-16-12-10(15)5-2-6-11(12)17-13/h1-7H,15H2. The highest BCUT2D eigenvalue weighted by Gasteiger charge is 2.09. The number of hydrogen-bond acceptors (Lipinski definition) is 3. The van der Waals surface area contributed by atoms with Gasteiger partial charge in [0.1, 0.15) is 5.52 Å². The molecule has 0 aliphatic carbocycles. The number of hydrogen-bond donors (Lipinski definition) is 1. The topological polar surface area (TPSA) is 52.0 Å². The van der Waals surface area contributed by atoms with Crippen molar-refractivity contribution in [2.24, 2.45) is 0 Å². The minimum atomic E-state index is 0.608. The highest BCUT2D eigenvalue weighted by atomic mass is 127. The van der Waals surface area contributed by atoms with E-state index in [1.807, 2.05) is 42.5 Å². The molecule has 2 aromatic carbocycles. The third-order valence-corrected chi connectivity index (χ3v) is 3.19. The van der Waals surface area contributed by atoms with E-state index in [1.54, 1.807) is 0 Å². The zero-order chi connectivity index (χ0) is 11.8. The van der Waals surface area contributed by atoms with Crippen LogP contribution in [-0.4, -0.2) is 4.98 Å². The Labute approximate surface area is 112 Å². The van der Waals surface area contributed by atoms with Crippen LogP contribution in [0, 0.1) is 3.57 Å². The van der Waals surface area contributed by atoms with Crippen LogP contribution in [-0.2, 0) is 0 Å². The maximum Gasteiger partial charge on any atom is 0.227 e. The number of para-hydroxylation sites is 1. The fourth-order valence-corrected chi connectivity index (χ4v) is 2.26. The van der Waals surface area contributed by atoms with Gasteiger partial charge < -0.3 is 10.2 Å². The van der Waals surface area contributed by atoms with Crippen molar-refractivity contribution in [3.8, 4) is 11.5 Å². The Morgan fingerprint density at radius 2 is 1.94 bits per heavy atom. The van der Waals surface area contributed by atoms with Crippen molar-refractivity contribution >= 4 is 39.4 Å². The fourth-order valence-electron chi connectivity index (χ4n) is 1.71. The first-order valence-corrected chi connectivity index (χ1v) is 6.23. The Bertz CT molecular complexity index is 691. The van der Waals surface area contributed by atoms with Crippen LogP contribution in [0.15, 0.2) is 46.9 Å². The van der Waals surface area contributed by atoms with Gasteiger partial charge in [0.15, 0.2) is 5.58 Å². The quantitative estimate of drug-likeness (QED) is 0.545. The predicted octanol–water partition coefficient (Wildman–Crippen LogP) is 3.68. The van der Waals surface area contributed by atoms with Gasteiger partial charge >= 0.3 is 0 Å². The summed E-state index contributed by atoms with van der Waals surface area (Å²) in [6.07, 6.45) is 0. The molecule has 3 aromatic rings. The summed E-state index contributed by atoms with van der Waals surface area (Å²) in [4.78, 5) is 4.43. The van der Waals surface area contributed by atoms with Crippen molar-refractivity contribution in [3.63, 3.8) is 0 Å². The molecule has 3 nitrogen and oxygen atoms in total. The molecule has 2 N–H and O–H groups in total. The Hall–Kier alpha value is -1.56. The number of fused-ring (bicyclic) bond motifs is 1. The summed E-state index contributed by atoms with van der Waals surface area (Å²) in [5, 5.41) is 0. The molecule has 17 heavy (non-hydrogen) atoms. The molecule has 0 radical (unpaired) electrons. The van der Waals surface area contributed by atoms with Crippen molar-refractivity contribution in [1.82, 2.24) is 4.98 Å². The lowest BCUT2D eigenvalue weighted by Crippen LogP contribution is -1.85. The second kappa shape index (κ2) is 4.03. The van der Waals surface area contributed by atoms with Crippen molar-refractivity contribution in [1.29, 1.82) is 0 Å². The molecule has 0 spiro atoms. The zero-order valence-electron chi connectivity index (χ0n) is 8.85. The van der Waals surface area contributed by atoms with E-state index in [0.29, 0.717) is 11.6 Å². The van der Waals surface area contributed by atoms with E-state index in [9.17, 15) is 0 Å². The molecule has 4 heteroatoms. The number of nitrogens with two attached hydrogens (primary N) is 1. The first kappa shape index (κ1) is 10.6. The van der Waals surface area contributed by atoms with E-state index < -0.39 is 0 Å². The lowest BCUT2D eigenvalue weighted by molar-refractivity contribution is 0.620. The molecule has 1 aromatic heterocycles. The van der Waals surface area contributed by atoms with E-state index in [1.165, 1.54) is 0 Å². The summed E-state index contributed by atoms with van der Waals surface area (Å²) in [5.41, 5.74) is 8.91. The number of rotatable bonds is 1. The summed E-state index contributed by atoms with van der Waals surface area (Å²) >= 11 is 2.26. The number of benzene rings is 2. The zero-order valence-corrected chi connectivity index (χ0v) is 11.0. The van der Waals surface area contributed by atoms with E-state index in [4.69, 9.17) is 10.2 Å². The lowest BCUT2D eigenvalue weighted by atomic mass is 10.2. The van der Waals surface area contributed by atoms with Crippen LogP contribution in [0.5, 0.6) is 0 Å². The van der Waals surface area contributed by atoms with Crippen LogP contribution in [0.2, 0.25) is 0 Å². The molecular formula is C13H9IN2O. The highest BCUT2D eigenvalue weighted by Crippen LogP contribution is 2.27. The molecule has 0 bridgehead atoms. The molecule has 0 atom stereocenters. The fraction of sp³-hybridized carbons (Fsp3) is 0. The van der Waals surface area contributed by atoms with Crippen LogP contribution in [0.4, 0.5) is 5.69 Å². The average molecular weight is 336 g/mol. The normalized spacial score (nSPS) is 10.9.